The van der Waals surface area contributed by atoms with Crippen LogP contribution in [0.1, 0.15) is 47.0 Å². The van der Waals surface area contributed by atoms with Gasteiger partial charge in [0.05, 0.1) is 0 Å². The molecule has 0 heterocycles. The molecule has 1 N–H and O–H groups in total. The fourth-order valence-electron chi connectivity index (χ4n) is 0.362. The van der Waals surface area contributed by atoms with Crippen LogP contribution in [0, 0.1) is 20.8 Å². The molecule has 0 saturated carbocycles. The Morgan fingerprint density at radius 1 is 0.846 bits per heavy atom. The maximum atomic E-state index is 8.20. The average Bonchev–Trinajstić information content (AvgIpc) is 2.24. The minimum atomic E-state index is 0. The first-order valence-corrected chi connectivity index (χ1v) is 4.64. The molecule has 0 rings (SSSR count). The summed E-state index contributed by atoms with van der Waals surface area (Å²) in [6.07, 6.45) is 3.33. The summed E-state index contributed by atoms with van der Waals surface area (Å²) in [4.78, 5) is 0. The van der Waals surface area contributed by atoms with Crippen LogP contribution in [-0.2, 0) is 21.7 Å². The predicted molar refractivity (Wildman–Crippen MR) is 59.7 cm³/mol. The first-order valence-electron chi connectivity index (χ1n) is 4.64. The normalized spacial score (nSPS) is 5.54. The number of aliphatic hydroxyl groups excluding tert-OH is 1. The molecule has 0 fully saturated rings. The minimum absolute atomic E-state index is 0. The molecule has 0 bridgehead atoms. The first-order chi connectivity index (χ1) is 5.91. The smallest absolute Gasteiger partial charge is 0.396 e. The second-order valence-corrected chi connectivity index (χ2v) is 1.43. The first kappa shape index (κ1) is 29.2. The summed E-state index contributed by atoms with van der Waals surface area (Å²) in [7, 11) is 0. The van der Waals surface area contributed by atoms with Crippen molar-refractivity contribution in [2.45, 2.75) is 47.0 Å². The Balaban J connectivity index is -0.0000000263. The number of aliphatic hydroxyl groups is 1. The molecule has 0 aliphatic rings. The standard InChI is InChI=1S/C5H12O.3C2H5.Ti/c1-2-3-4-5-6;3*1-2;/h6H,2-5H2,1H3;3*1H2,2H3;/q;3*-1;+3. The zero-order valence-corrected chi connectivity index (χ0v) is 11.5. The molecule has 0 aromatic carbocycles. The molecule has 1 radical (unpaired) electrons. The van der Waals surface area contributed by atoms with Gasteiger partial charge in [0.25, 0.3) is 0 Å². The minimum Gasteiger partial charge on any atom is -0.396 e. The van der Waals surface area contributed by atoms with Gasteiger partial charge in [0.1, 0.15) is 0 Å². The van der Waals surface area contributed by atoms with Gasteiger partial charge in [0.2, 0.25) is 0 Å². The van der Waals surface area contributed by atoms with E-state index < -0.39 is 0 Å². The van der Waals surface area contributed by atoms with Gasteiger partial charge in [0.15, 0.2) is 0 Å². The van der Waals surface area contributed by atoms with Crippen LogP contribution in [0.2, 0.25) is 0 Å². The van der Waals surface area contributed by atoms with Gasteiger partial charge < -0.3 is 25.9 Å². The van der Waals surface area contributed by atoms with Gasteiger partial charge in [-0.3, -0.25) is 0 Å². The van der Waals surface area contributed by atoms with Crippen molar-refractivity contribution in [3.63, 3.8) is 0 Å². The van der Waals surface area contributed by atoms with E-state index >= 15 is 0 Å². The van der Waals surface area contributed by atoms with Crippen molar-refractivity contribution >= 4 is 0 Å². The molecular formula is C11H27OTi. The van der Waals surface area contributed by atoms with Crippen molar-refractivity contribution in [1.29, 1.82) is 0 Å². The molecule has 0 aliphatic carbocycles. The van der Waals surface area contributed by atoms with E-state index in [1.54, 1.807) is 20.8 Å². The van der Waals surface area contributed by atoms with Gasteiger partial charge in [-0.05, 0) is 6.42 Å². The number of hydrogen-bond acceptors (Lipinski definition) is 1. The van der Waals surface area contributed by atoms with E-state index in [4.69, 9.17) is 5.11 Å². The third-order valence-corrected chi connectivity index (χ3v) is 0.762. The van der Waals surface area contributed by atoms with Crippen molar-refractivity contribution < 1.29 is 26.8 Å². The summed E-state index contributed by atoms with van der Waals surface area (Å²) in [5.74, 6) is 0. The van der Waals surface area contributed by atoms with Gasteiger partial charge in [-0.2, -0.15) is 20.8 Å². The largest absolute Gasteiger partial charge is 3.00 e. The number of hydrogen-bond donors (Lipinski definition) is 1. The summed E-state index contributed by atoms with van der Waals surface area (Å²) >= 11 is 0. The maximum absolute atomic E-state index is 8.20. The van der Waals surface area contributed by atoms with Crippen molar-refractivity contribution in [3.05, 3.63) is 20.8 Å². The molecule has 81 valence electrons. The van der Waals surface area contributed by atoms with Crippen molar-refractivity contribution in [1.82, 2.24) is 0 Å². The molecule has 0 amide bonds. The maximum Gasteiger partial charge on any atom is 3.00 e. The van der Waals surface area contributed by atoms with Crippen LogP contribution in [0.3, 0.4) is 0 Å². The van der Waals surface area contributed by atoms with Crippen molar-refractivity contribution in [3.8, 4) is 0 Å². The fraction of sp³-hybridized carbons (Fsp3) is 0.727. The van der Waals surface area contributed by atoms with Gasteiger partial charge in [0, 0.05) is 6.61 Å². The Hall–Kier alpha value is 0.674. The zero-order valence-electron chi connectivity index (χ0n) is 9.90. The van der Waals surface area contributed by atoms with Crippen molar-refractivity contribution in [2.75, 3.05) is 6.61 Å². The zero-order chi connectivity index (χ0) is 10.8. The van der Waals surface area contributed by atoms with Crippen molar-refractivity contribution in [2.24, 2.45) is 0 Å². The molecule has 0 aliphatic heterocycles. The van der Waals surface area contributed by atoms with E-state index in [0.29, 0.717) is 6.61 Å². The van der Waals surface area contributed by atoms with Gasteiger partial charge in [-0.15, -0.1) is 0 Å². The van der Waals surface area contributed by atoms with Gasteiger partial charge in [-0.1, -0.05) is 19.8 Å². The van der Waals surface area contributed by atoms with Gasteiger partial charge in [-0.25, -0.2) is 0 Å². The fourth-order valence-corrected chi connectivity index (χ4v) is 0.362. The molecule has 0 aromatic rings. The Bertz CT molecular complexity index is 22.1. The molecule has 1 nitrogen and oxygen atoms in total. The average molecular weight is 223 g/mol. The summed E-state index contributed by atoms with van der Waals surface area (Å²) in [6, 6.07) is 0. The van der Waals surface area contributed by atoms with Crippen LogP contribution < -0.4 is 0 Å². The third kappa shape index (κ3) is 107. The monoisotopic (exact) mass is 223 g/mol. The Morgan fingerprint density at radius 3 is 1.23 bits per heavy atom. The van der Waals surface area contributed by atoms with E-state index in [1.807, 2.05) is 0 Å². The molecular weight excluding hydrogens is 196 g/mol. The third-order valence-electron chi connectivity index (χ3n) is 0.762. The molecule has 2 heteroatoms. The molecule has 0 spiro atoms. The number of rotatable bonds is 3. The van der Waals surface area contributed by atoms with E-state index in [-0.39, 0.29) is 21.7 Å². The summed E-state index contributed by atoms with van der Waals surface area (Å²) in [6.45, 7) is 17.5. The molecule has 13 heavy (non-hydrogen) atoms. The number of unbranched alkanes of at least 4 members (excludes halogenated alkanes) is 2. The van der Waals surface area contributed by atoms with Crippen LogP contribution in [0.5, 0.6) is 0 Å². The van der Waals surface area contributed by atoms with E-state index in [9.17, 15) is 0 Å². The van der Waals surface area contributed by atoms with Crippen LogP contribution >= 0.6 is 0 Å². The van der Waals surface area contributed by atoms with Crippen LogP contribution in [-0.4, -0.2) is 11.7 Å². The molecule has 0 aromatic heterocycles. The van der Waals surface area contributed by atoms with E-state index in [0.717, 1.165) is 12.8 Å². The Labute approximate surface area is 101 Å². The second kappa shape index (κ2) is 79.1. The quantitative estimate of drug-likeness (QED) is 0.439. The van der Waals surface area contributed by atoms with Crippen LogP contribution in [0.4, 0.5) is 0 Å². The van der Waals surface area contributed by atoms with E-state index in [1.165, 1.54) is 6.42 Å². The molecule has 0 saturated heterocycles. The summed E-state index contributed by atoms with van der Waals surface area (Å²) < 4.78 is 0. The summed E-state index contributed by atoms with van der Waals surface area (Å²) in [5, 5.41) is 8.20. The van der Waals surface area contributed by atoms with E-state index in [2.05, 4.69) is 27.7 Å². The second-order valence-electron chi connectivity index (χ2n) is 1.43. The topological polar surface area (TPSA) is 20.2 Å². The Kier molecular flexibility index (Phi) is 178. The van der Waals surface area contributed by atoms with Gasteiger partial charge >= 0.3 is 21.7 Å². The SMILES string of the molecule is CCCCCO.[CH2-]C.[CH2-]C.[CH2-]C.[Ti+3]. The predicted octanol–water partition coefficient (Wildman–Crippen LogP) is 3.69. The molecule has 0 atom stereocenters. The van der Waals surface area contributed by atoms with Crippen LogP contribution in [0.25, 0.3) is 0 Å². The molecule has 0 unspecified atom stereocenters. The van der Waals surface area contributed by atoms with Crippen LogP contribution in [0.15, 0.2) is 0 Å². The summed E-state index contributed by atoms with van der Waals surface area (Å²) in [5.41, 5.74) is 0. The Morgan fingerprint density at radius 2 is 1.15 bits per heavy atom.